The van der Waals surface area contributed by atoms with Crippen LogP contribution in [0, 0.1) is 5.92 Å². The van der Waals surface area contributed by atoms with Crippen molar-refractivity contribution in [3.63, 3.8) is 0 Å². The van der Waals surface area contributed by atoms with Crippen molar-refractivity contribution in [2.24, 2.45) is 5.92 Å². The topological polar surface area (TPSA) is 41.0 Å². The van der Waals surface area contributed by atoms with Crippen molar-refractivity contribution in [1.82, 2.24) is 9.97 Å². The summed E-state index contributed by atoms with van der Waals surface area (Å²) in [5.41, 5.74) is 0. The van der Waals surface area contributed by atoms with E-state index < -0.39 is 0 Å². The van der Waals surface area contributed by atoms with Gasteiger partial charge < -0.3 is 10.2 Å². The van der Waals surface area contributed by atoms with E-state index in [1.54, 1.807) is 0 Å². The molecular formula is C16H24N4. The minimum absolute atomic E-state index is 0.617. The molecular weight excluding hydrogens is 248 g/mol. The van der Waals surface area contributed by atoms with Crippen molar-refractivity contribution in [1.29, 1.82) is 0 Å². The molecule has 108 valence electrons. The van der Waals surface area contributed by atoms with Crippen LogP contribution in [0.1, 0.15) is 56.7 Å². The summed E-state index contributed by atoms with van der Waals surface area (Å²) in [6, 6.07) is 2.88. The van der Waals surface area contributed by atoms with Crippen LogP contribution in [0.15, 0.2) is 6.07 Å². The first-order valence-electron chi connectivity index (χ1n) is 8.18. The second-order valence-electron chi connectivity index (χ2n) is 6.59. The normalized spacial score (nSPS) is 29.4. The lowest BCUT2D eigenvalue weighted by molar-refractivity contribution is 0.360. The molecule has 1 aromatic rings. The first-order chi connectivity index (χ1) is 9.85. The van der Waals surface area contributed by atoms with Crippen LogP contribution in [-0.2, 0) is 0 Å². The van der Waals surface area contributed by atoms with Crippen LogP contribution in [0.5, 0.6) is 0 Å². The molecule has 2 unspecified atom stereocenters. The maximum Gasteiger partial charge on any atom is 0.136 e. The molecule has 2 heterocycles. The van der Waals surface area contributed by atoms with Gasteiger partial charge in [-0.2, -0.15) is 0 Å². The molecule has 1 saturated heterocycles. The van der Waals surface area contributed by atoms with E-state index in [4.69, 9.17) is 4.98 Å². The molecule has 0 amide bonds. The molecule has 2 aliphatic carbocycles. The molecule has 1 aromatic heterocycles. The molecule has 1 aliphatic heterocycles. The Hall–Kier alpha value is -1.32. The van der Waals surface area contributed by atoms with Gasteiger partial charge in [0.25, 0.3) is 0 Å². The van der Waals surface area contributed by atoms with Crippen LogP contribution in [0.3, 0.4) is 0 Å². The van der Waals surface area contributed by atoms with Gasteiger partial charge in [0, 0.05) is 31.6 Å². The maximum atomic E-state index is 4.90. The summed E-state index contributed by atoms with van der Waals surface area (Å²) in [6.45, 7) is 1.17. The Bertz CT molecular complexity index is 497. The van der Waals surface area contributed by atoms with E-state index in [2.05, 4.69) is 21.3 Å². The van der Waals surface area contributed by atoms with Crippen molar-refractivity contribution >= 4 is 11.6 Å². The molecule has 3 aliphatic rings. The summed E-state index contributed by atoms with van der Waals surface area (Å²) < 4.78 is 0. The van der Waals surface area contributed by atoms with Crippen LogP contribution in [0.4, 0.5) is 11.6 Å². The second kappa shape index (κ2) is 4.90. The molecule has 0 radical (unpaired) electrons. The van der Waals surface area contributed by atoms with Gasteiger partial charge in [-0.15, -0.1) is 0 Å². The number of aromatic nitrogens is 2. The highest BCUT2D eigenvalue weighted by Gasteiger charge is 2.36. The fourth-order valence-electron chi connectivity index (χ4n) is 3.99. The van der Waals surface area contributed by atoms with Gasteiger partial charge >= 0.3 is 0 Å². The number of nitrogens with one attached hydrogen (secondary N) is 1. The van der Waals surface area contributed by atoms with Crippen molar-refractivity contribution in [2.75, 3.05) is 23.8 Å². The molecule has 2 atom stereocenters. The fraction of sp³-hybridized carbons (Fsp3) is 0.750. The van der Waals surface area contributed by atoms with E-state index in [-0.39, 0.29) is 0 Å². The number of hydrogen-bond donors (Lipinski definition) is 1. The summed E-state index contributed by atoms with van der Waals surface area (Å²) in [5.74, 6) is 4.74. The van der Waals surface area contributed by atoms with Gasteiger partial charge in [-0.05, 0) is 44.4 Å². The number of piperidine rings is 1. The Labute approximate surface area is 121 Å². The quantitative estimate of drug-likeness (QED) is 0.917. The lowest BCUT2D eigenvalue weighted by Crippen LogP contribution is -2.43. The fourth-order valence-corrected chi connectivity index (χ4v) is 3.99. The zero-order valence-electron chi connectivity index (χ0n) is 12.3. The molecule has 0 spiro atoms. The highest BCUT2D eigenvalue weighted by Crippen LogP contribution is 2.41. The molecule has 4 nitrogen and oxygen atoms in total. The van der Waals surface area contributed by atoms with Crippen LogP contribution < -0.4 is 10.2 Å². The third-order valence-corrected chi connectivity index (χ3v) is 5.22. The Morgan fingerprint density at radius 3 is 2.75 bits per heavy atom. The Morgan fingerprint density at radius 2 is 1.95 bits per heavy atom. The summed E-state index contributed by atoms with van der Waals surface area (Å²) >= 11 is 0. The van der Waals surface area contributed by atoms with E-state index in [0.29, 0.717) is 5.92 Å². The van der Waals surface area contributed by atoms with Gasteiger partial charge in [0.2, 0.25) is 0 Å². The zero-order chi connectivity index (χ0) is 13.5. The molecule has 1 N–H and O–H groups in total. The summed E-state index contributed by atoms with van der Waals surface area (Å²) in [5, 5.41) is 3.21. The smallest absolute Gasteiger partial charge is 0.136 e. The Morgan fingerprint density at radius 1 is 1.10 bits per heavy atom. The molecule has 20 heavy (non-hydrogen) atoms. The number of nitrogens with zero attached hydrogens (tertiary/aromatic N) is 3. The first-order valence-corrected chi connectivity index (χ1v) is 8.18. The molecule has 2 saturated carbocycles. The van der Waals surface area contributed by atoms with Crippen molar-refractivity contribution < 1.29 is 0 Å². The third kappa shape index (κ3) is 2.15. The van der Waals surface area contributed by atoms with E-state index in [9.17, 15) is 0 Å². The average Bonchev–Trinajstić information content (AvgIpc) is 3.23. The van der Waals surface area contributed by atoms with Crippen LogP contribution in [-0.4, -0.2) is 29.6 Å². The van der Waals surface area contributed by atoms with Gasteiger partial charge in [-0.1, -0.05) is 6.42 Å². The monoisotopic (exact) mass is 272 g/mol. The third-order valence-electron chi connectivity index (χ3n) is 5.22. The van der Waals surface area contributed by atoms with Crippen molar-refractivity contribution in [2.45, 2.75) is 56.9 Å². The number of anilines is 2. The minimum atomic E-state index is 0.617. The average molecular weight is 272 g/mol. The number of fused-ring (bicyclic) bond motifs is 1. The van der Waals surface area contributed by atoms with Crippen LogP contribution in [0.25, 0.3) is 0 Å². The Balaban J connectivity index is 1.67. The van der Waals surface area contributed by atoms with Gasteiger partial charge in [-0.25, -0.2) is 9.97 Å². The summed E-state index contributed by atoms with van der Waals surface area (Å²) in [6.07, 6.45) is 9.42. The first kappa shape index (κ1) is 12.4. The van der Waals surface area contributed by atoms with Crippen LogP contribution in [0.2, 0.25) is 0 Å². The largest absolute Gasteiger partial charge is 0.373 e. The van der Waals surface area contributed by atoms with Gasteiger partial charge in [-0.3, -0.25) is 0 Å². The van der Waals surface area contributed by atoms with Crippen molar-refractivity contribution in [3.05, 3.63) is 11.9 Å². The lowest BCUT2D eigenvalue weighted by Gasteiger charge is -2.38. The predicted octanol–water partition coefficient (Wildman–Crippen LogP) is 3.16. The zero-order valence-corrected chi connectivity index (χ0v) is 12.3. The Kier molecular flexibility index (Phi) is 3.04. The van der Waals surface area contributed by atoms with E-state index in [1.807, 2.05) is 7.05 Å². The van der Waals surface area contributed by atoms with Gasteiger partial charge in [0.1, 0.15) is 17.5 Å². The van der Waals surface area contributed by atoms with Gasteiger partial charge in [0.05, 0.1) is 0 Å². The minimum Gasteiger partial charge on any atom is -0.373 e. The SMILES string of the molecule is CNc1cc(N2CCCC3CCCC32)nc(C2CC2)n1. The summed E-state index contributed by atoms with van der Waals surface area (Å²) in [7, 11) is 1.96. The van der Waals surface area contributed by atoms with E-state index in [1.165, 1.54) is 57.3 Å². The molecule has 0 bridgehead atoms. The standard InChI is InChI=1S/C16H24N4/c1-17-14-10-15(19-16(18-14)12-7-8-12)20-9-3-5-11-4-2-6-13(11)20/h10-13H,2-9H2,1H3,(H,17,18,19). The molecule has 4 rings (SSSR count). The van der Waals surface area contributed by atoms with Crippen LogP contribution >= 0.6 is 0 Å². The second-order valence-corrected chi connectivity index (χ2v) is 6.59. The van der Waals surface area contributed by atoms with Gasteiger partial charge in [0.15, 0.2) is 0 Å². The lowest BCUT2D eigenvalue weighted by atomic mass is 9.92. The highest BCUT2D eigenvalue weighted by molar-refractivity contribution is 5.51. The number of rotatable bonds is 3. The molecule has 4 heteroatoms. The van der Waals surface area contributed by atoms with E-state index in [0.717, 1.165) is 23.6 Å². The highest BCUT2D eigenvalue weighted by atomic mass is 15.2. The molecule has 0 aromatic carbocycles. The maximum absolute atomic E-state index is 4.90. The molecule has 3 fully saturated rings. The summed E-state index contributed by atoms with van der Waals surface area (Å²) in [4.78, 5) is 12.1. The van der Waals surface area contributed by atoms with Crippen molar-refractivity contribution in [3.8, 4) is 0 Å². The predicted molar refractivity (Wildman–Crippen MR) is 81.3 cm³/mol. The van der Waals surface area contributed by atoms with E-state index >= 15 is 0 Å². The number of hydrogen-bond acceptors (Lipinski definition) is 4.